The fourth-order valence-electron chi connectivity index (χ4n) is 2.45. The number of carbonyl (C=O) groups excluding carboxylic acids is 1. The molecule has 0 aromatic heterocycles. The lowest BCUT2D eigenvalue weighted by Crippen LogP contribution is -2.52. The molecule has 0 saturated carbocycles. The van der Waals surface area contributed by atoms with Crippen LogP contribution in [-0.4, -0.2) is 75.2 Å². The standard InChI is InChI=1S/C14H18BrCl2N3O3S/c1-18(2)9-13(21)19-3-5-20(6-4-19)24(22,23)14-11(16)7-10(15)8-12(14)17/h7-8H,3-6,9H2,1-2H3. The molecule has 1 aromatic carbocycles. The van der Waals surface area contributed by atoms with E-state index in [0.717, 1.165) is 0 Å². The maximum absolute atomic E-state index is 12.8. The Hall–Kier alpha value is -0.380. The second-order valence-corrected chi connectivity index (χ2v) is 9.33. The third-order valence-electron chi connectivity index (χ3n) is 3.60. The molecule has 1 aliphatic heterocycles. The maximum atomic E-state index is 12.8. The van der Waals surface area contributed by atoms with E-state index in [1.54, 1.807) is 9.80 Å². The number of amides is 1. The van der Waals surface area contributed by atoms with Crippen LogP contribution in [0.3, 0.4) is 0 Å². The highest BCUT2D eigenvalue weighted by Gasteiger charge is 2.33. The van der Waals surface area contributed by atoms with Gasteiger partial charge in [-0.05, 0) is 26.2 Å². The van der Waals surface area contributed by atoms with Gasteiger partial charge in [0.2, 0.25) is 15.9 Å². The number of sulfonamides is 1. The molecule has 0 radical (unpaired) electrons. The Bertz CT molecular complexity index is 712. The molecule has 0 unspecified atom stereocenters. The van der Waals surface area contributed by atoms with E-state index in [4.69, 9.17) is 23.2 Å². The van der Waals surface area contributed by atoms with E-state index >= 15 is 0 Å². The molecule has 0 atom stereocenters. The van der Waals surface area contributed by atoms with Gasteiger partial charge in [-0.3, -0.25) is 4.79 Å². The number of halogens is 3. The molecule has 0 aliphatic carbocycles. The van der Waals surface area contributed by atoms with Crippen LogP contribution in [0.25, 0.3) is 0 Å². The number of hydrogen-bond donors (Lipinski definition) is 0. The minimum absolute atomic E-state index is 0.0169. The van der Waals surface area contributed by atoms with Crippen LogP contribution in [0.4, 0.5) is 0 Å². The number of benzene rings is 1. The van der Waals surface area contributed by atoms with Crippen molar-refractivity contribution in [2.45, 2.75) is 4.90 Å². The van der Waals surface area contributed by atoms with E-state index in [-0.39, 0.29) is 33.9 Å². The molecule has 1 aromatic rings. The highest BCUT2D eigenvalue weighted by Crippen LogP contribution is 2.34. The zero-order valence-electron chi connectivity index (χ0n) is 13.3. The van der Waals surface area contributed by atoms with Crippen molar-refractivity contribution in [3.05, 3.63) is 26.7 Å². The minimum atomic E-state index is -3.81. The Balaban J connectivity index is 2.15. The Morgan fingerprint density at radius 3 is 2.12 bits per heavy atom. The lowest BCUT2D eigenvalue weighted by atomic mass is 10.3. The average Bonchev–Trinajstić information content (AvgIpc) is 2.45. The van der Waals surface area contributed by atoms with Gasteiger partial charge in [0.05, 0.1) is 16.6 Å². The van der Waals surface area contributed by atoms with Gasteiger partial charge in [0.15, 0.2) is 0 Å². The SMILES string of the molecule is CN(C)CC(=O)N1CCN(S(=O)(=O)c2c(Cl)cc(Br)cc2Cl)CC1. The van der Waals surface area contributed by atoms with Crippen LogP contribution < -0.4 is 0 Å². The summed E-state index contributed by atoms with van der Waals surface area (Å²) < 4.78 is 27.6. The summed E-state index contributed by atoms with van der Waals surface area (Å²) >= 11 is 15.4. The van der Waals surface area contributed by atoms with Crippen molar-refractivity contribution in [2.24, 2.45) is 0 Å². The van der Waals surface area contributed by atoms with E-state index in [0.29, 0.717) is 24.1 Å². The number of rotatable bonds is 4. The van der Waals surface area contributed by atoms with Crippen molar-refractivity contribution in [3.8, 4) is 0 Å². The second-order valence-electron chi connectivity index (χ2n) is 5.72. The molecule has 0 bridgehead atoms. The predicted molar refractivity (Wildman–Crippen MR) is 98.1 cm³/mol. The summed E-state index contributed by atoms with van der Waals surface area (Å²) in [6.07, 6.45) is 0. The van der Waals surface area contributed by atoms with E-state index in [2.05, 4.69) is 15.9 Å². The first-order chi connectivity index (χ1) is 11.1. The first-order valence-corrected chi connectivity index (χ1v) is 10.2. The van der Waals surface area contributed by atoms with Gasteiger partial charge in [0, 0.05) is 30.7 Å². The summed E-state index contributed by atoms with van der Waals surface area (Å²) in [5.41, 5.74) is 0. The Kier molecular flexibility index (Phi) is 6.55. The fourth-order valence-corrected chi connectivity index (χ4v) is 5.76. The minimum Gasteiger partial charge on any atom is -0.339 e. The van der Waals surface area contributed by atoms with Crippen LogP contribution in [-0.2, 0) is 14.8 Å². The van der Waals surface area contributed by atoms with Crippen LogP contribution >= 0.6 is 39.1 Å². The van der Waals surface area contributed by atoms with Gasteiger partial charge in [0.25, 0.3) is 0 Å². The molecule has 1 fully saturated rings. The van der Waals surface area contributed by atoms with Crippen LogP contribution in [0.5, 0.6) is 0 Å². The normalized spacial score (nSPS) is 16.7. The molecular weight excluding hydrogens is 441 g/mol. The highest BCUT2D eigenvalue weighted by atomic mass is 79.9. The summed E-state index contributed by atoms with van der Waals surface area (Å²) in [4.78, 5) is 15.4. The molecule has 1 saturated heterocycles. The zero-order chi connectivity index (χ0) is 18.1. The molecule has 134 valence electrons. The number of likely N-dealkylation sites (N-methyl/N-ethyl adjacent to an activating group) is 1. The van der Waals surface area contributed by atoms with Crippen molar-refractivity contribution in [1.82, 2.24) is 14.1 Å². The van der Waals surface area contributed by atoms with Gasteiger partial charge >= 0.3 is 0 Å². The van der Waals surface area contributed by atoms with Crippen LogP contribution in [0, 0.1) is 0 Å². The van der Waals surface area contributed by atoms with Gasteiger partial charge in [-0.15, -0.1) is 0 Å². The average molecular weight is 459 g/mol. The number of carbonyl (C=O) groups is 1. The molecule has 0 N–H and O–H groups in total. The van der Waals surface area contributed by atoms with Gasteiger partial charge in [0.1, 0.15) is 4.90 Å². The van der Waals surface area contributed by atoms with Crippen molar-refractivity contribution < 1.29 is 13.2 Å². The smallest absolute Gasteiger partial charge is 0.246 e. The maximum Gasteiger partial charge on any atom is 0.246 e. The number of nitrogens with zero attached hydrogens (tertiary/aromatic N) is 3. The van der Waals surface area contributed by atoms with Gasteiger partial charge in [-0.25, -0.2) is 8.42 Å². The molecule has 2 rings (SSSR count). The van der Waals surface area contributed by atoms with Gasteiger partial charge in [-0.2, -0.15) is 4.31 Å². The molecular formula is C14H18BrCl2N3O3S. The summed E-state index contributed by atoms with van der Waals surface area (Å²) in [5.74, 6) is -0.0169. The van der Waals surface area contributed by atoms with Gasteiger partial charge < -0.3 is 9.80 Å². The van der Waals surface area contributed by atoms with Crippen molar-refractivity contribution in [3.63, 3.8) is 0 Å². The highest BCUT2D eigenvalue weighted by molar-refractivity contribution is 9.10. The predicted octanol–water partition coefficient (Wildman–Crippen LogP) is 2.15. The number of piperazine rings is 1. The van der Waals surface area contributed by atoms with Crippen LogP contribution in [0.15, 0.2) is 21.5 Å². The van der Waals surface area contributed by atoms with E-state index in [1.807, 2.05) is 14.1 Å². The Morgan fingerprint density at radius 2 is 1.67 bits per heavy atom. The molecule has 10 heteroatoms. The molecule has 24 heavy (non-hydrogen) atoms. The first kappa shape index (κ1) is 19.9. The summed E-state index contributed by atoms with van der Waals surface area (Å²) in [6, 6.07) is 2.99. The third kappa shape index (κ3) is 4.42. The fraction of sp³-hybridized carbons (Fsp3) is 0.500. The van der Waals surface area contributed by atoms with Crippen molar-refractivity contribution >= 4 is 55.1 Å². The van der Waals surface area contributed by atoms with Crippen LogP contribution in [0.1, 0.15) is 0 Å². The molecule has 1 aliphatic rings. The lowest BCUT2D eigenvalue weighted by Gasteiger charge is -2.34. The number of hydrogen-bond acceptors (Lipinski definition) is 4. The summed E-state index contributed by atoms with van der Waals surface area (Å²) in [6.45, 7) is 1.42. The summed E-state index contributed by atoms with van der Waals surface area (Å²) in [5, 5.41) is 0.140. The monoisotopic (exact) mass is 457 g/mol. The molecule has 1 amide bonds. The topological polar surface area (TPSA) is 60.9 Å². The van der Waals surface area contributed by atoms with Crippen molar-refractivity contribution in [1.29, 1.82) is 0 Å². The second kappa shape index (κ2) is 7.88. The van der Waals surface area contributed by atoms with E-state index < -0.39 is 10.0 Å². The lowest BCUT2D eigenvalue weighted by molar-refractivity contribution is -0.133. The largest absolute Gasteiger partial charge is 0.339 e. The third-order valence-corrected chi connectivity index (χ3v) is 6.88. The van der Waals surface area contributed by atoms with Crippen molar-refractivity contribution in [2.75, 3.05) is 46.8 Å². The van der Waals surface area contributed by atoms with Gasteiger partial charge in [-0.1, -0.05) is 39.1 Å². The molecule has 0 spiro atoms. The Morgan fingerprint density at radius 1 is 1.17 bits per heavy atom. The summed E-state index contributed by atoms with van der Waals surface area (Å²) in [7, 11) is -0.181. The van der Waals surface area contributed by atoms with E-state index in [1.165, 1.54) is 16.4 Å². The van der Waals surface area contributed by atoms with Crippen LogP contribution in [0.2, 0.25) is 10.0 Å². The Labute approximate surface area is 160 Å². The first-order valence-electron chi connectivity index (χ1n) is 7.20. The molecule has 6 nitrogen and oxygen atoms in total. The van der Waals surface area contributed by atoms with E-state index in [9.17, 15) is 13.2 Å². The zero-order valence-corrected chi connectivity index (χ0v) is 17.2. The molecule has 1 heterocycles. The quantitative estimate of drug-likeness (QED) is 0.693.